The number of carbonyl (C=O) groups excluding carboxylic acids is 1. The molecule has 0 aliphatic heterocycles. The van der Waals surface area contributed by atoms with Gasteiger partial charge in [0.2, 0.25) is 5.91 Å². The van der Waals surface area contributed by atoms with Crippen molar-refractivity contribution >= 4 is 35.8 Å². The molecule has 6 heteroatoms. The van der Waals surface area contributed by atoms with Crippen LogP contribution in [0.3, 0.4) is 0 Å². The highest BCUT2D eigenvalue weighted by Gasteiger charge is 2.11. The van der Waals surface area contributed by atoms with Gasteiger partial charge in [0.25, 0.3) is 0 Å². The van der Waals surface area contributed by atoms with E-state index in [0.29, 0.717) is 19.0 Å². The number of aliphatic imine (C=N–C) groups is 1. The number of unbranched alkanes of at least 4 members (excludes halogenated alkanes) is 1. The molecule has 1 aromatic rings. The Kier molecular flexibility index (Phi) is 11.5. The van der Waals surface area contributed by atoms with E-state index in [2.05, 4.69) is 17.2 Å². The largest absolute Gasteiger partial charge is 0.370 e. The predicted molar refractivity (Wildman–Crippen MR) is 102 cm³/mol. The first-order valence-corrected chi connectivity index (χ1v) is 7.52. The summed E-state index contributed by atoms with van der Waals surface area (Å²) in [4.78, 5) is 18.0. The number of nitrogens with one attached hydrogen (secondary N) is 1. The molecule has 0 aliphatic carbocycles. The number of likely N-dealkylation sites (N-methyl/N-ethyl adjacent to an activating group) is 1. The van der Waals surface area contributed by atoms with Crippen LogP contribution in [0.25, 0.3) is 0 Å². The van der Waals surface area contributed by atoms with Crippen LogP contribution in [0, 0.1) is 0 Å². The molecule has 0 aliphatic rings. The van der Waals surface area contributed by atoms with Crippen molar-refractivity contribution in [1.82, 2.24) is 10.2 Å². The molecular weight excluding hydrogens is 391 g/mol. The van der Waals surface area contributed by atoms with Crippen LogP contribution in [0.15, 0.2) is 35.3 Å². The number of rotatable bonds is 8. The van der Waals surface area contributed by atoms with Gasteiger partial charge < -0.3 is 16.0 Å². The average molecular weight is 418 g/mol. The zero-order valence-corrected chi connectivity index (χ0v) is 15.7. The fourth-order valence-electron chi connectivity index (χ4n) is 1.88. The SMILES string of the molecule is CCCCNC(N)=NCC(=O)N(CC)Cc1ccccc1.I. The molecule has 1 rings (SSSR count). The zero-order valence-electron chi connectivity index (χ0n) is 13.4. The van der Waals surface area contributed by atoms with E-state index in [1.165, 1.54) is 0 Å². The number of nitrogens with zero attached hydrogens (tertiary/aromatic N) is 2. The van der Waals surface area contributed by atoms with Crippen molar-refractivity contribution < 1.29 is 4.79 Å². The number of nitrogens with two attached hydrogens (primary N) is 1. The number of benzene rings is 1. The number of carbonyl (C=O) groups is 1. The Hall–Kier alpha value is -1.31. The van der Waals surface area contributed by atoms with Crippen molar-refractivity contribution in [2.75, 3.05) is 19.6 Å². The van der Waals surface area contributed by atoms with Crippen LogP contribution < -0.4 is 11.1 Å². The zero-order chi connectivity index (χ0) is 15.5. The molecule has 0 fully saturated rings. The van der Waals surface area contributed by atoms with Crippen molar-refractivity contribution in [3.8, 4) is 0 Å². The van der Waals surface area contributed by atoms with Crippen LogP contribution in [-0.2, 0) is 11.3 Å². The molecule has 1 amide bonds. The van der Waals surface area contributed by atoms with Gasteiger partial charge in [0, 0.05) is 19.6 Å². The highest BCUT2D eigenvalue weighted by molar-refractivity contribution is 14.0. The van der Waals surface area contributed by atoms with E-state index in [9.17, 15) is 4.79 Å². The molecule has 0 radical (unpaired) electrons. The minimum absolute atomic E-state index is 0. The third-order valence-corrected chi connectivity index (χ3v) is 3.17. The lowest BCUT2D eigenvalue weighted by atomic mass is 10.2. The van der Waals surface area contributed by atoms with Crippen molar-refractivity contribution in [2.24, 2.45) is 10.7 Å². The Bertz CT molecular complexity index is 451. The Balaban J connectivity index is 0.00000441. The fourth-order valence-corrected chi connectivity index (χ4v) is 1.88. The topological polar surface area (TPSA) is 70.7 Å². The van der Waals surface area contributed by atoms with E-state index >= 15 is 0 Å². The number of guanidine groups is 1. The molecule has 0 bridgehead atoms. The molecule has 0 aromatic heterocycles. The van der Waals surface area contributed by atoms with Crippen LogP contribution >= 0.6 is 24.0 Å². The first-order valence-electron chi connectivity index (χ1n) is 7.52. The predicted octanol–water partition coefficient (Wildman–Crippen LogP) is 2.36. The van der Waals surface area contributed by atoms with Gasteiger partial charge in [0.05, 0.1) is 0 Å². The van der Waals surface area contributed by atoms with E-state index in [-0.39, 0.29) is 36.4 Å². The quantitative estimate of drug-likeness (QED) is 0.295. The van der Waals surface area contributed by atoms with Crippen molar-refractivity contribution in [2.45, 2.75) is 33.2 Å². The second-order valence-electron chi connectivity index (χ2n) is 4.88. The summed E-state index contributed by atoms with van der Waals surface area (Å²) in [6.45, 7) is 6.23. The molecule has 124 valence electrons. The lowest BCUT2D eigenvalue weighted by Gasteiger charge is -2.20. The van der Waals surface area contributed by atoms with E-state index in [4.69, 9.17) is 5.73 Å². The summed E-state index contributed by atoms with van der Waals surface area (Å²) in [7, 11) is 0. The fraction of sp³-hybridized carbons (Fsp3) is 0.500. The minimum atomic E-state index is -0.0124. The first kappa shape index (κ1) is 20.7. The molecule has 1 aromatic carbocycles. The third kappa shape index (κ3) is 8.21. The van der Waals surface area contributed by atoms with Gasteiger partial charge in [-0.05, 0) is 18.9 Å². The Morgan fingerprint density at radius 1 is 1.27 bits per heavy atom. The molecule has 0 saturated carbocycles. The Morgan fingerprint density at radius 3 is 2.55 bits per heavy atom. The van der Waals surface area contributed by atoms with Crippen LogP contribution in [0.4, 0.5) is 0 Å². The molecule has 0 spiro atoms. The molecule has 0 heterocycles. The molecule has 0 atom stereocenters. The summed E-state index contributed by atoms with van der Waals surface area (Å²) in [5, 5.41) is 3.00. The van der Waals surface area contributed by atoms with Crippen LogP contribution in [0.2, 0.25) is 0 Å². The van der Waals surface area contributed by atoms with E-state index in [1.807, 2.05) is 37.3 Å². The summed E-state index contributed by atoms with van der Waals surface area (Å²) in [5.74, 6) is 0.328. The third-order valence-electron chi connectivity index (χ3n) is 3.17. The van der Waals surface area contributed by atoms with Gasteiger partial charge in [-0.2, -0.15) is 0 Å². The summed E-state index contributed by atoms with van der Waals surface area (Å²) in [5.41, 5.74) is 6.84. The maximum Gasteiger partial charge on any atom is 0.244 e. The van der Waals surface area contributed by atoms with Crippen molar-refractivity contribution in [3.63, 3.8) is 0 Å². The van der Waals surface area contributed by atoms with E-state index < -0.39 is 0 Å². The number of amides is 1. The van der Waals surface area contributed by atoms with Crippen LogP contribution in [-0.4, -0.2) is 36.4 Å². The summed E-state index contributed by atoms with van der Waals surface area (Å²) < 4.78 is 0. The highest BCUT2D eigenvalue weighted by Crippen LogP contribution is 2.04. The van der Waals surface area contributed by atoms with Crippen LogP contribution in [0.1, 0.15) is 32.3 Å². The van der Waals surface area contributed by atoms with Gasteiger partial charge >= 0.3 is 0 Å². The lowest BCUT2D eigenvalue weighted by Crippen LogP contribution is -2.36. The monoisotopic (exact) mass is 418 g/mol. The summed E-state index contributed by atoms with van der Waals surface area (Å²) in [6.07, 6.45) is 2.14. The second-order valence-corrected chi connectivity index (χ2v) is 4.88. The number of hydrogen-bond donors (Lipinski definition) is 2. The van der Waals surface area contributed by atoms with E-state index in [1.54, 1.807) is 4.90 Å². The van der Waals surface area contributed by atoms with Gasteiger partial charge in [0.15, 0.2) is 5.96 Å². The number of hydrogen-bond acceptors (Lipinski definition) is 2. The molecule has 5 nitrogen and oxygen atoms in total. The second kappa shape index (κ2) is 12.3. The Labute approximate surface area is 150 Å². The summed E-state index contributed by atoms with van der Waals surface area (Å²) >= 11 is 0. The Morgan fingerprint density at radius 2 is 1.95 bits per heavy atom. The van der Waals surface area contributed by atoms with Crippen molar-refractivity contribution in [1.29, 1.82) is 0 Å². The molecule has 0 unspecified atom stereocenters. The molecular formula is C16H27IN4O. The molecule has 0 saturated heterocycles. The minimum Gasteiger partial charge on any atom is -0.370 e. The highest BCUT2D eigenvalue weighted by atomic mass is 127. The maximum atomic E-state index is 12.1. The first-order chi connectivity index (χ1) is 10.2. The van der Waals surface area contributed by atoms with Gasteiger partial charge in [-0.15, -0.1) is 24.0 Å². The standard InChI is InChI=1S/C16H26N4O.HI/c1-3-5-11-18-16(17)19-12-15(21)20(4-2)13-14-9-7-6-8-10-14;/h6-10H,3-5,11-13H2,1-2H3,(H3,17,18,19);1H. The average Bonchev–Trinajstić information content (AvgIpc) is 2.51. The molecule has 3 N–H and O–H groups in total. The normalized spacial score (nSPS) is 10.7. The van der Waals surface area contributed by atoms with Gasteiger partial charge in [-0.25, -0.2) is 4.99 Å². The van der Waals surface area contributed by atoms with Gasteiger partial charge in [0.1, 0.15) is 6.54 Å². The lowest BCUT2D eigenvalue weighted by molar-refractivity contribution is -0.130. The van der Waals surface area contributed by atoms with E-state index in [0.717, 1.165) is 24.9 Å². The van der Waals surface area contributed by atoms with Gasteiger partial charge in [-0.3, -0.25) is 4.79 Å². The number of halogens is 1. The van der Waals surface area contributed by atoms with Crippen LogP contribution in [0.5, 0.6) is 0 Å². The summed E-state index contributed by atoms with van der Waals surface area (Å²) in [6, 6.07) is 9.94. The smallest absolute Gasteiger partial charge is 0.244 e. The maximum absolute atomic E-state index is 12.1. The van der Waals surface area contributed by atoms with Gasteiger partial charge in [-0.1, -0.05) is 43.7 Å². The molecule has 22 heavy (non-hydrogen) atoms. The van der Waals surface area contributed by atoms with Crippen molar-refractivity contribution in [3.05, 3.63) is 35.9 Å².